The fourth-order valence-corrected chi connectivity index (χ4v) is 2.19. The Morgan fingerprint density at radius 1 is 1.35 bits per heavy atom. The average molecular weight is 316 g/mol. The maximum atomic E-state index is 12.4. The van der Waals surface area contributed by atoms with Crippen LogP contribution in [0.5, 0.6) is 5.75 Å². The van der Waals surface area contributed by atoms with E-state index in [4.69, 9.17) is 4.74 Å². The molecule has 1 amide bonds. The van der Waals surface area contributed by atoms with E-state index in [9.17, 15) is 4.79 Å². The van der Waals surface area contributed by atoms with Gasteiger partial charge in [0.1, 0.15) is 11.8 Å². The molecule has 0 aliphatic heterocycles. The van der Waals surface area contributed by atoms with Crippen molar-refractivity contribution in [2.75, 3.05) is 12.4 Å². The summed E-state index contributed by atoms with van der Waals surface area (Å²) in [5.41, 5.74) is 1.56. The number of anilines is 1. The Labute approximate surface area is 136 Å². The highest BCUT2D eigenvalue weighted by Crippen LogP contribution is 2.19. The van der Waals surface area contributed by atoms with Crippen LogP contribution in [0.2, 0.25) is 0 Å². The number of likely N-dealkylation sites (N-methyl/N-ethyl adjacent to an activating group) is 1. The molecule has 0 saturated heterocycles. The molecule has 0 fully saturated rings. The SMILES string of the molecule is CCC(C)Oc1ccc(NC(=O)C(NC)c2cnn(C)c2)cc1. The highest BCUT2D eigenvalue weighted by Gasteiger charge is 2.20. The largest absolute Gasteiger partial charge is 0.491 e. The maximum Gasteiger partial charge on any atom is 0.246 e. The summed E-state index contributed by atoms with van der Waals surface area (Å²) in [5.74, 6) is 0.672. The Hall–Kier alpha value is -2.34. The topological polar surface area (TPSA) is 68.2 Å². The molecule has 0 bridgehead atoms. The third-order valence-corrected chi connectivity index (χ3v) is 3.64. The van der Waals surface area contributed by atoms with Crippen molar-refractivity contribution >= 4 is 11.6 Å². The highest BCUT2D eigenvalue weighted by atomic mass is 16.5. The number of benzene rings is 1. The first kappa shape index (κ1) is 17.0. The predicted octanol–water partition coefficient (Wildman–Crippen LogP) is 2.50. The zero-order chi connectivity index (χ0) is 16.8. The van der Waals surface area contributed by atoms with Gasteiger partial charge in [-0.05, 0) is 44.7 Å². The summed E-state index contributed by atoms with van der Waals surface area (Å²) in [6.45, 7) is 4.11. The van der Waals surface area contributed by atoms with E-state index in [1.165, 1.54) is 0 Å². The van der Waals surface area contributed by atoms with E-state index >= 15 is 0 Å². The lowest BCUT2D eigenvalue weighted by Gasteiger charge is -2.16. The van der Waals surface area contributed by atoms with Crippen LogP contribution < -0.4 is 15.4 Å². The number of hydrogen-bond donors (Lipinski definition) is 2. The van der Waals surface area contributed by atoms with Gasteiger partial charge in [-0.15, -0.1) is 0 Å². The number of ether oxygens (including phenoxy) is 1. The van der Waals surface area contributed by atoms with Crippen LogP contribution in [0.4, 0.5) is 5.69 Å². The lowest BCUT2D eigenvalue weighted by molar-refractivity contribution is -0.118. The first-order chi connectivity index (χ1) is 11.0. The van der Waals surface area contributed by atoms with Gasteiger partial charge in [0.25, 0.3) is 0 Å². The normalized spacial score (nSPS) is 13.4. The van der Waals surface area contributed by atoms with Crippen molar-refractivity contribution in [2.24, 2.45) is 7.05 Å². The summed E-state index contributed by atoms with van der Waals surface area (Å²) in [5, 5.41) is 10.0. The minimum Gasteiger partial charge on any atom is -0.491 e. The van der Waals surface area contributed by atoms with Crippen LogP contribution in [0.3, 0.4) is 0 Å². The van der Waals surface area contributed by atoms with Gasteiger partial charge in [0, 0.05) is 24.5 Å². The molecule has 0 spiro atoms. The van der Waals surface area contributed by atoms with Crippen LogP contribution in [0.15, 0.2) is 36.7 Å². The van der Waals surface area contributed by atoms with E-state index in [1.807, 2.05) is 44.4 Å². The molecule has 2 N–H and O–H groups in total. The molecular formula is C17H24N4O2. The fourth-order valence-electron chi connectivity index (χ4n) is 2.19. The Balaban J connectivity index is 2.01. The second kappa shape index (κ2) is 7.78. The van der Waals surface area contributed by atoms with Gasteiger partial charge in [-0.1, -0.05) is 6.92 Å². The molecule has 0 aliphatic carbocycles. The van der Waals surface area contributed by atoms with Gasteiger partial charge in [-0.2, -0.15) is 5.10 Å². The van der Waals surface area contributed by atoms with E-state index < -0.39 is 6.04 Å². The summed E-state index contributed by atoms with van der Waals surface area (Å²) < 4.78 is 7.40. The van der Waals surface area contributed by atoms with E-state index in [0.29, 0.717) is 0 Å². The van der Waals surface area contributed by atoms with Crippen LogP contribution in [-0.4, -0.2) is 28.8 Å². The Morgan fingerprint density at radius 2 is 2.04 bits per heavy atom. The van der Waals surface area contributed by atoms with Crippen molar-refractivity contribution in [1.82, 2.24) is 15.1 Å². The number of rotatable bonds is 7. The second-order valence-corrected chi connectivity index (χ2v) is 5.52. The smallest absolute Gasteiger partial charge is 0.246 e. The monoisotopic (exact) mass is 316 g/mol. The number of aromatic nitrogens is 2. The molecule has 6 heteroatoms. The molecule has 6 nitrogen and oxygen atoms in total. The molecule has 1 aromatic carbocycles. The van der Waals surface area contributed by atoms with Crippen molar-refractivity contribution in [3.05, 3.63) is 42.2 Å². The molecule has 2 unspecified atom stereocenters. The number of carbonyl (C=O) groups is 1. The summed E-state index contributed by atoms with van der Waals surface area (Å²) >= 11 is 0. The van der Waals surface area contributed by atoms with Crippen LogP contribution in [0, 0.1) is 0 Å². The Bertz CT molecular complexity index is 636. The third kappa shape index (κ3) is 4.56. The lowest BCUT2D eigenvalue weighted by Crippen LogP contribution is -2.30. The molecule has 124 valence electrons. The van der Waals surface area contributed by atoms with Crippen molar-refractivity contribution < 1.29 is 9.53 Å². The third-order valence-electron chi connectivity index (χ3n) is 3.64. The Kier molecular flexibility index (Phi) is 5.76. The number of nitrogens with zero attached hydrogens (tertiary/aromatic N) is 2. The van der Waals surface area contributed by atoms with Crippen molar-refractivity contribution in [3.8, 4) is 5.75 Å². The maximum absolute atomic E-state index is 12.4. The minimum absolute atomic E-state index is 0.129. The standard InChI is InChI=1S/C17H24N4O2/c1-5-12(2)23-15-8-6-14(7-9-15)20-17(22)16(18-3)13-10-19-21(4)11-13/h6-12,16,18H,5H2,1-4H3,(H,20,22). The molecule has 23 heavy (non-hydrogen) atoms. The van der Waals surface area contributed by atoms with Crippen LogP contribution in [-0.2, 0) is 11.8 Å². The van der Waals surface area contributed by atoms with Crippen LogP contribution >= 0.6 is 0 Å². The molecular weight excluding hydrogens is 292 g/mol. The first-order valence-electron chi connectivity index (χ1n) is 7.77. The predicted molar refractivity (Wildman–Crippen MR) is 90.5 cm³/mol. The Morgan fingerprint density at radius 3 is 2.57 bits per heavy atom. The molecule has 1 aromatic heterocycles. The van der Waals surface area contributed by atoms with Crippen molar-refractivity contribution in [1.29, 1.82) is 0 Å². The summed E-state index contributed by atoms with van der Waals surface area (Å²) in [6.07, 6.45) is 4.64. The van der Waals surface area contributed by atoms with Gasteiger partial charge >= 0.3 is 0 Å². The number of hydrogen-bond acceptors (Lipinski definition) is 4. The summed E-state index contributed by atoms with van der Waals surface area (Å²) in [6, 6.07) is 6.96. The number of aryl methyl sites for hydroxylation is 1. The van der Waals surface area contributed by atoms with Gasteiger partial charge in [-0.3, -0.25) is 9.48 Å². The average Bonchev–Trinajstić information content (AvgIpc) is 2.96. The molecule has 1 heterocycles. The van der Waals surface area contributed by atoms with Gasteiger partial charge < -0.3 is 15.4 Å². The quantitative estimate of drug-likeness (QED) is 0.823. The zero-order valence-corrected chi connectivity index (χ0v) is 14.0. The second-order valence-electron chi connectivity index (χ2n) is 5.52. The van der Waals surface area contributed by atoms with Crippen LogP contribution in [0.25, 0.3) is 0 Å². The van der Waals surface area contributed by atoms with Gasteiger partial charge in [0.15, 0.2) is 0 Å². The zero-order valence-electron chi connectivity index (χ0n) is 14.0. The van der Waals surface area contributed by atoms with Gasteiger partial charge in [0.05, 0.1) is 12.3 Å². The van der Waals surface area contributed by atoms with Crippen molar-refractivity contribution in [3.63, 3.8) is 0 Å². The highest BCUT2D eigenvalue weighted by molar-refractivity contribution is 5.95. The minimum atomic E-state index is -0.445. The number of nitrogens with one attached hydrogen (secondary N) is 2. The number of amides is 1. The van der Waals surface area contributed by atoms with E-state index in [-0.39, 0.29) is 12.0 Å². The molecule has 2 aromatic rings. The summed E-state index contributed by atoms with van der Waals surface area (Å²) in [4.78, 5) is 12.4. The lowest BCUT2D eigenvalue weighted by atomic mass is 10.1. The van der Waals surface area contributed by atoms with Crippen molar-refractivity contribution in [2.45, 2.75) is 32.4 Å². The van der Waals surface area contributed by atoms with E-state index in [0.717, 1.165) is 23.4 Å². The molecule has 0 aliphatic rings. The molecule has 2 atom stereocenters. The van der Waals surface area contributed by atoms with E-state index in [1.54, 1.807) is 17.9 Å². The number of carbonyl (C=O) groups excluding carboxylic acids is 1. The summed E-state index contributed by atoms with van der Waals surface area (Å²) in [7, 11) is 3.57. The first-order valence-corrected chi connectivity index (χ1v) is 7.77. The van der Waals surface area contributed by atoms with Crippen LogP contribution in [0.1, 0.15) is 31.9 Å². The van der Waals surface area contributed by atoms with E-state index in [2.05, 4.69) is 22.7 Å². The van der Waals surface area contributed by atoms with Gasteiger partial charge in [-0.25, -0.2) is 0 Å². The molecule has 2 rings (SSSR count). The van der Waals surface area contributed by atoms with Gasteiger partial charge in [0.2, 0.25) is 5.91 Å². The fraction of sp³-hybridized carbons (Fsp3) is 0.412. The molecule has 0 radical (unpaired) electrons. The molecule has 0 saturated carbocycles.